The van der Waals surface area contributed by atoms with Crippen molar-refractivity contribution in [3.8, 4) is 10.7 Å². The van der Waals surface area contributed by atoms with Crippen LogP contribution in [0.25, 0.3) is 10.7 Å². The standard InChI is InChI=1S/C18H18ClN5O2S/c1-2-26-9-13(25)14-5-6-15(27-14)18-20-8-11(19)17(22-18)21-16-7-12(23-24-16)10-3-4-10/h5-8,10H,2-4,9H2,1H3,(H2,20,21,22,23,24). The van der Waals surface area contributed by atoms with E-state index in [1.165, 1.54) is 24.2 Å². The number of halogens is 1. The summed E-state index contributed by atoms with van der Waals surface area (Å²) in [5.74, 6) is 2.18. The van der Waals surface area contributed by atoms with Crippen LogP contribution in [0.5, 0.6) is 0 Å². The van der Waals surface area contributed by atoms with Gasteiger partial charge in [-0.15, -0.1) is 11.3 Å². The SMILES string of the molecule is CCOCC(=O)c1ccc(-c2ncc(Cl)c(Nc3cc(C4CC4)[nH]n3)n2)s1. The Balaban J connectivity index is 1.53. The van der Waals surface area contributed by atoms with Gasteiger partial charge in [0.2, 0.25) is 0 Å². The molecule has 3 aromatic rings. The number of hydrogen-bond acceptors (Lipinski definition) is 7. The van der Waals surface area contributed by atoms with Crippen molar-refractivity contribution in [3.05, 3.63) is 40.0 Å². The van der Waals surface area contributed by atoms with Gasteiger partial charge in [-0.05, 0) is 31.9 Å². The number of nitrogens with one attached hydrogen (secondary N) is 2. The summed E-state index contributed by atoms with van der Waals surface area (Å²) in [6, 6.07) is 5.57. The molecule has 4 rings (SSSR count). The molecule has 0 atom stereocenters. The van der Waals surface area contributed by atoms with E-state index in [-0.39, 0.29) is 12.4 Å². The minimum atomic E-state index is -0.0514. The minimum absolute atomic E-state index is 0.0514. The second-order valence-electron chi connectivity index (χ2n) is 6.22. The Morgan fingerprint density at radius 2 is 2.30 bits per heavy atom. The van der Waals surface area contributed by atoms with Gasteiger partial charge in [-0.2, -0.15) is 5.10 Å². The van der Waals surface area contributed by atoms with Crippen LogP contribution in [-0.4, -0.2) is 39.2 Å². The molecule has 1 aliphatic rings. The summed E-state index contributed by atoms with van der Waals surface area (Å²) in [6.07, 6.45) is 3.94. The van der Waals surface area contributed by atoms with Gasteiger partial charge in [-0.1, -0.05) is 11.6 Å². The van der Waals surface area contributed by atoms with Gasteiger partial charge in [-0.3, -0.25) is 9.89 Å². The zero-order valence-electron chi connectivity index (χ0n) is 14.7. The fraction of sp³-hybridized carbons (Fsp3) is 0.333. The van der Waals surface area contributed by atoms with Crippen LogP contribution in [0, 0.1) is 0 Å². The van der Waals surface area contributed by atoms with Crippen LogP contribution >= 0.6 is 22.9 Å². The first-order valence-electron chi connectivity index (χ1n) is 8.70. The van der Waals surface area contributed by atoms with Crippen molar-refractivity contribution in [2.45, 2.75) is 25.7 Å². The molecule has 7 nitrogen and oxygen atoms in total. The molecule has 1 saturated carbocycles. The van der Waals surface area contributed by atoms with E-state index in [4.69, 9.17) is 16.3 Å². The lowest BCUT2D eigenvalue weighted by Crippen LogP contribution is -2.06. The molecule has 1 fully saturated rings. The normalized spacial score (nSPS) is 13.7. The molecule has 0 saturated heterocycles. The summed E-state index contributed by atoms with van der Waals surface area (Å²) in [4.78, 5) is 22.3. The Morgan fingerprint density at radius 3 is 3.07 bits per heavy atom. The molecule has 27 heavy (non-hydrogen) atoms. The second kappa shape index (κ2) is 7.75. The van der Waals surface area contributed by atoms with E-state index >= 15 is 0 Å². The topological polar surface area (TPSA) is 92.8 Å². The third kappa shape index (κ3) is 4.18. The summed E-state index contributed by atoms with van der Waals surface area (Å²) in [5.41, 5.74) is 1.12. The molecule has 0 bridgehead atoms. The first-order valence-corrected chi connectivity index (χ1v) is 9.89. The molecule has 0 amide bonds. The Labute approximate surface area is 165 Å². The lowest BCUT2D eigenvalue weighted by Gasteiger charge is -2.05. The van der Waals surface area contributed by atoms with Gasteiger partial charge < -0.3 is 10.1 Å². The van der Waals surface area contributed by atoms with Crippen LogP contribution < -0.4 is 5.32 Å². The first kappa shape index (κ1) is 18.1. The average Bonchev–Trinajstić information content (AvgIpc) is 3.21. The van der Waals surface area contributed by atoms with Gasteiger partial charge in [0.15, 0.2) is 23.2 Å². The van der Waals surface area contributed by atoms with Gasteiger partial charge >= 0.3 is 0 Å². The number of rotatable bonds is 8. The van der Waals surface area contributed by atoms with Gasteiger partial charge in [0.25, 0.3) is 0 Å². The third-order valence-corrected chi connectivity index (χ3v) is 5.54. The van der Waals surface area contributed by atoms with E-state index in [1.807, 2.05) is 19.1 Å². The van der Waals surface area contributed by atoms with Gasteiger partial charge in [0, 0.05) is 24.3 Å². The number of hydrogen-bond donors (Lipinski definition) is 2. The summed E-state index contributed by atoms with van der Waals surface area (Å²) >= 11 is 7.57. The number of carbonyl (C=O) groups is 1. The van der Waals surface area contributed by atoms with Crippen molar-refractivity contribution in [1.29, 1.82) is 0 Å². The Bertz CT molecular complexity index is 966. The maximum absolute atomic E-state index is 12.1. The molecule has 3 aromatic heterocycles. The number of anilines is 2. The number of Topliss-reactive ketones (excluding diaryl/α,β-unsaturated/α-hetero) is 1. The highest BCUT2D eigenvalue weighted by Gasteiger charge is 2.25. The van der Waals surface area contributed by atoms with Crippen LogP contribution in [-0.2, 0) is 4.74 Å². The highest BCUT2D eigenvalue weighted by molar-refractivity contribution is 7.17. The molecular weight excluding hydrogens is 386 g/mol. The van der Waals surface area contributed by atoms with Crippen LogP contribution in [0.4, 0.5) is 11.6 Å². The van der Waals surface area contributed by atoms with E-state index in [0.717, 1.165) is 10.6 Å². The zero-order valence-corrected chi connectivity index (χ0v) is 16.2. The Hall–Kier alpha value is -2.29. The monoisotopic (exact) mass is 403 g/mol. The van der Waals surface area contributed by atoms with Crippen molar-refractivity contribution in [3.63, 3.8) is 0 Å². The summed E-state index contributed by atoms with van der Waals surface area (Å²) in [6.45, 7) is 2.44. The molecule has 0 aliphatic heterocycles. The van der Waals surface area contributed by atoms with E-state index in [1.54, 1.807) is 12.3 Å². The van der Waals surface area contributed by atoms with E-state index in [9.17, 15) is 4.79 Å². The highest BCUT2D eigenvalue weighted by Crippen LogP contribution is 2.40. The van der Waals surface area contributed by atoms with E-state index in [2.05, 4.69) is 25.5 Å². The molecule has 0 spiro atoms. The molecule has 0 unspecified atom stereocenters. The number of H-pyrrole nitrogens is 1. The van der Waals surface area contributed by atoms with E-state index in [0.29, 0.717) is 39.9 Å². The summed E-state index contributed by atoms with van der Waals surface area (Å²) in [5, 5.41) is 10.8. The number of thiophene rings is 1. The predicted octanol–water partition coefficient (Wildman–Crippen LogP) is 4.42. The first-order chi connectivity index (χ1) is 13.1. The van der Waals surface area contributed by atoms with Crippen LogP contribution in [0.2, 0.25) is 5.02 Å². The molecular formula is C18H18ClN5O2S. The van der Waals surface area contributed by atoms with Crippen molar-refractivity contribution in [2.24, 2.45) is 0 Å². The number of ketones is 1. The lowest BCUT2D eigenvalue weighted by molar-refractivity contribution is 0.0787. The fourth-order valence-corrected chi connectivity index (χ4v) is 3.58. The smallest absolute Gasteiger partial charge is 0.198 e. The fourth-order valence-electron chi connectivity index (χ4n) is 2.57. The molecule has 9 heteroatoms. The van der Waals surface area contributed by atoms with Crippen molar-refractivity contribution >= 4 is 40.4 Å². The van der Waals surface area contributed by atoms with E-state index < -0.39 is 0 Å². The number of aromatic amines is 1. The molecule has 0 aromatic carbocycles. The number of ether oxygens (including phenoxy) is 1. The lowest BCUT2D eigenvalue weighted by atomic mass is 10.3. The maximum atomic E-state index is 12.1. The molecule has 2 N–H and O–H groups in total. The molecule has 3 heterocycles. The Morgan fingerprint density at radius 1 is 1.44 bits per heavy atom. The van der Waals surface area contributed by atoms with Crippen LogP contribution in [0.1, 0.15) is 41.0 Å². The maximum Gasteiger partial charge on any atom is 0.198 e. The van der Waals surface area contributed by atoms with Gasteiger partial charge in [-0.25, -0.2) is 9.97 Å². The van der Waals surface area contributed by atoms with Crippen molar-refractivity contribution in [1.82, 2.24) is 20.2 Å². The minimum Gasteiger partial charge on any atom is -0.374 e. The van der Waals surface area contributed by atoms with Gasteiger partial charge in [0.05, 0.1) is 16.0 Å². The average molecular weight is 404 g/mol. The number of aromatic nitrogens is 4. The molecule has 140 valence electrons. The van der Waals surface area contributed by atoms with Crippen LogP contribution in [0.15, 0.2) is 24.4 Å². The predicted molar refractivity (Wildman–Crippen MR) is 105 cm³/mol. The largest absolute Gasteiger partial charge is 0.374 e. The van der Waals surface area contributed by atoms with Crippen molar-refractivity contribution in [2.75, 3.05) is 18.5 Å². The number of nitrogens with zero attached hydrogens (tertiary/aromatic N) is 3. The summed E-state index contributed by atoms with van der Waals surface area (Å²) < 4.78 is 5.18. The molecule has 0 radical (unpaired) electrons. The molecule has 1 aliphatic carbocycles. The zero-order chi connectivity index (χ0) is 18.8. The summed E-state index contributed by atoms with van der Waals surface area (Å²) in [7, 11) is 0. The highest BCUT2D eigenvalue weighted by atomic mass is 35.5. The quantitative estimate of drug-likeness (QED) is 0.541. The Kier molecular flexibility index (Phi) is 5.20. The second-order valence-corrected chi connectivity index (χ2v) is 7.71. The van der Waals surface area contributed by atoms with Gasteiger partial charge in [0.1, 0.15) is 11.6 Å². The van der Waals surface area contributed by atoms with Crippen molar-refractivity contribution < 1.29 is 9.53 Å². The number of carbonyl (C=O) groups excluding carboxylic acids is 1. The van der Waals surface area contributed by atoms with Crippen LogP contribution in [0.3, 0.4) is 0 Å². The third-order valence-electron chi connectivity index (χ3n) is 4.14.